The van der Waals surface area contributed by atoms with Gasteiger partial charge in [0.25, 0.3) is 5.56 Å². The lowest BCUT2D eigenvalue weighted by molar-refractivity contribution is -0.139. The summed E-state index contributed by atoms with van der Waals surface area (Å²) in [5.41, 5.74) is 1.63. The van der Waals surface area contributed by atoms with E-state index < -0.39 is 12.0 Å². The highest BCUT2D eigenvalue weighted by Crippen LogP contribution is 2.36. The molecule has 1 atom stereocenters. The highest BCUT2D eigenvalue weighted by atomic mass is 32.1. The fraction of sp³-hybridized carbons (Fsp3) is 0.276. The number of hydrogen-bond acceptors (Lipinski definition) is 9. The smallest absolute Gasteiger partial charge is 0.338 e. The van der Waals surface area contributed by atoms with Crippen LogP contribution in [0.15, 0.2) is 70.1 Å². The number of carbonyl (C=O) groups is 1. The zero-order chi connectivity index (χ0) is 28.1. The van der Waals surface area contributed by atoms with Gasteiger partial charge in [-0.25, -0.2) is 9.79 Å². The Morgan fingerprint density at radius 1 is 1.13 bits per heavy atom. The number of hydrogen-bond donors (Lipinski definition) is 1. The number of benzene rings is 2. The van der Waals surface area contributed by atoms with Gasteiger partial charge in [-0.2, -0.15) is 0 Å². The summed E-state index contributed by atoms with van der Waals surface area (Å²) >= 11 is 1.19. The summed E-state index contributed by atoms with van der Waals surface area (Å²) in [6.07, 6.45) is 3.30. The molecule has 10 heteroatoms. The molecule has 0 spiro atoms. The van der Waals surface area contributed by atoms with Crippen molar-refractivity contribution >= 4 is 23.4 Å². The van der Waals surface area contributed by atoms with Crippen molar-refractivity contribution in [2.75, 3.05) is 26.9 Å². The Kier molecular flexibility index (Phi) is 8.55. The second kappa shape index (κ2) is 12.0. The van der Waals surface area contributed by atoms with Gasteiger partial charge in [-0.3, -0.25) is 9.36 Å². The van der Waals surface area contributed by atoms with E-state index in [1.165, 1.54) is 29.1 Å². The van der Waals surface area contributed by atoms with Crippen LogP contribution < -0.4 is 29.1 Å². The van der Waals surface area contributed by atoms with E-state index in [0.29, 0.717) is 56.6 Å². The summed E-state index contributed by atoms with van der Waals surface area (Å²) in [6, 6.07) is 9.37. The van der Waals surface area contributed by atoms with E-state index in [1.54, 1.807) is 56.3 Å². The maximum absolute atomic E-state index is 13.8. The second-order valence-electron chi connectivity index (χ2n) is 8.47. The lowest BCUT2D eigenvalue weighted by atomic mass is 9.95. The molecule has 0 amide bonds. The molecule has 3 aromatic rings. The third-order valence-corrected chi connectivity index (χ3v) is 6.94. The van der Waals surface area contributed by atoms with Gasteiger partial charge in [0.2, 0.25) is 0 Å². The maximum Gasteiger partial charge on any atom is 0.338 e. The predicted octanol–water partition coefficient (Wildman–Crippen LogP) is 3.48. The number of ether oxygens (including phenoxy) is 4. The van der Waals surface area contributed by atoms with Crippen molar-refractivity contribution < 1.29 is 28.8 Å². The minimum absolute atomic E-state index is 0.0421. The van der Waals surface area contributed by atoms with Crippen LogP contribution in [0.3, 0.4) is 0 Å². The largest absolute Gasteiger partial charge is 0.504 e. The van der Waals surface area contributed by atoms with Crippen LogP contribution in [0.2, 0.25) is 0 Å². The van der Waals surface area contributed by atoms with Crippen LogP contribution in [0.5, 0.6) is 23.0 Å². The van der Waals surface area contributed by atoms with Crippen molar-refractivity contribution in [3.63, 3.8) is 0 Å². The first kappa shape index (κ1) is 27.7. The first-order valence-corrected chi connectivity index (χ1v) is 13.2. The number of allylic oxidation sites excluding steroid dienone is 1. The van der Waals surface area contributed by atoms with E-state index in [0.717, 1.165) is 0 Å². The zero-order valence-corrected chi connectivity index (χ0v) is 23.0. The third kappa shape index (κ3) is 5.61. The summed E-state index contributed by atoms with van der Waals surface area (Å²) in [4.78, 5) is 32.0. The molecule has 1 aliphatic rings. The topological polar surface area (TPSA) is 109 Å². The fourth-order valence-electron chi connectivity index (χ4n) is 4.29. The Bertz CT molecular complexity index is 1620. The summed E-state index contributed by atoms with van der Waals surface area (Å²) in [6.45, 7) is 9.85. The Balaban J connectivity index is 1.92. The molecule has 2 aromatic carbocycles. The lowest BCUT2D eigenvalue weighted by Crippen LogP contribution is -2.40. The molecule has 1 aromatic heterocycles. The molecule has 2 heterocycles. The SMILES string of the molecule is C=CCOc1ccc([C@@H]2C(C(=O)OCC)=C(C)N=c3sc(=Cc4ccc(OC)c(O)c4)c(=O)n32)cc1OCC. The van der Waals surface area contributed by atoms with Gasteiger partial charge < -0.3 is 24.1 Å². The van der Waals surface area contributed by atoms with E-state index in [1.807, 2.05) is 6.92 Å². The Hall–Kier alpha value is -4.31. The molecule has 0 aliphatic carbocycles. The number of thiazole rings is 1. The Morgan fingerprint density at radius 3 is 2.56 bits per heavy atom. The number of aromatic nitrogens is 1. The van der Waals surface area contributed by atoms with Crippen LogP contribution in [0.1, 0.15) is 37.9 Å². The van der Waals surface area contributed by atoms with Crippen LogP contribution >= 0.6 is 11.3 Å². The van der Waals surface area contributed by atoms with Crippen molar-refractivity contribution in [3.8, 4) is 23.0 Å². The molecule has 0 saturated carbocycles. The molecular formula is C29H30N2O7S. The fourth-order valence-corrected chi connectivity index (χ4v) is 5.33. The predicted molar refractivity (Wildman–Crippen MR) is 148 cm³/mol. The van der Waals surface area contributed by atoms with Crippen LogP contribution in [0.4, 0.5) is 0 Å². The van der Waals surface area contributed by atoms with Gasteiger partial charge in [-0.15, -0.1) is 0 Å². The number of carbonyl (C=O) groups excluding carboxylic acids is 1. The number of aromatic hydroxyl groups is 1. The van der Waals surface area contributed by atoms with Crippen molar-refractivity contribution in [1.29, 1.82) is 0 Å². The van der Waals surface area contributed by atoms with Crippen molar-refractivity contribution in [3.05, 3.63) is 91.1 Å². The number of nitrogens with zero attached hydrogens (tertiary/aromatic N) is 2. The van der Waals surface area contributed by atoms with Gasteiger partial charge in [0, 0.05) is 0 Å². The highest BCUT2D eigenvalue weighted by Gasteiger charge is 2.34. The quantitative estimate of drug-likeness (QED) is 0.304. The molecule has 204 valence electrons. The number of fused-ring (bicyclic) bond motifs is 1. The van der Waals surface area contributed by atoms with E-state index in [4.69, 9.17) is 18.9 Å². The summed E-state index contributed by atoms with van der Waals surface area (Å²) < 4.78 is 23.9. The van der Waals surface area contributed by atoms with E-state index in [2.05, 4.69) is 11.6 Å². The van der Waals surface area contributed by atoms with Crippen molar-refractivity contribution in [2.24, 2.45) is 4.99 Å². The molecule has 0 bridgehead atoms. The molecule has 0 saturated heterocycles. The van der Waals surface area contributed by atoms with Gasteiger partial charge in [0.05, 0.1) is 42.2 Å². The minimum Gasteiger partial charge on any atom is -0.504 e. The minimum atomic E-state index is -0.806. The standard InChI is InChI=1S/C29H30N2O7S/c1-6-13-38-22-12-10-19(16-23(22)36-7-2)26-25(28(34)37-8-3)17(4)30-29-31(26)27(33)24(39-29)15-18-9-11-21(35-5)20(32)14-18/h6,9-12,14-16,26,32H,1,7-8,13H2,2-5H3/t26-/m1/s1. The first-order chi connectivity index (χ1) is 18.8. The Morgan fingerprint density at radius 2 is 1.90 bits per heavy atom. The normalized spacial score (nSPS) is 14.9. The number of rotatable bonds is 10. The first-order valence-electron chi connectivity index (χ1n) is 12.4. The zero-order valence-electron chi connectivity index (χ0n) is 22.2. The molecule has 39 heavy (non-hydrogen) atoms. The Labute approximate surface area is 229 Å². The molecule has 4 rings (SSSR count). The molecule has 1 aliphatic heterocycles. The van der Waals surface area contributed by atoms with Crippen molar-refractivity contribution in [2.45, 2.75) is 26.8 Å². The van der Waals surface area contributed by atoms with Gasteiger partial charge >= 0.3 is 5.97 Å². The number of phenols is 1. The molecule has 0 radical (unpaired) electrons. The van der Waals surface area contributed by atoms with Gasteiger partial charge in [0.15, 0.2) is 27.8 Å². The number of methoxy groups -OCH3 is 1. The highest BCUT2D eigenvalue weighted by molar-refractivity contribution is 7.07. The molecule has 1 N–H and O–H groups in total. The molecule has 0 unspecified atom stereocenters. The summed E-state index contributed by atoms with van der Waals surface area (Å²) in [5.74, 6) is 0.729. The molecule has 9 nitrogen and oxygen atoms in total. The van der Waals surface area contributed by atoms with E-state index in [9.17, 15) is 14.7 Å². The van der Waals surface area contributed by atoms with E-state index in [-0.39, 0.29) is 23.5 Å². The average Bonchev–Trinajstić information content (AvgIpc) is 3.21. The van der Waals surface area contributed by atoms with Crippen LogP contribution in [-0.4, -0.2) is 42.6 Å². The number of esters is 1. The number of phenolic OH excluding ortho intramolecular Hbond substituents is 1. The average molecular weight is 551 g/mol. The summed E-state index contributed by atoms with van der Waals surface area (Å²) in [7, 11) is 1.46. The van der Waals surface area contributed by atoms with Gasteiger partial charge in [0.1, 0.15) is 6.61 Å². The van der Waals surface area contributed by atoms with Gasteiger partial charge in [-0.1, -0.05) is 36.1 Å². The lowest BCUT2D eigenvalue weighted by Gasteiger charge is -2.25. The van der Waals surface area contributed by atoms with Crippen LogP contribution in [-0.2, 0) is 9.53 Å². The van der Waals surface area contributed by atoms with Gasteiger partial charge in [-0.05, 0) is 62.2 Å². The third-order valence-electron chi connectivity index (χ3n) is 5.96. The maximum atomic E-state index is 13.8. The molecule has 0 fully saturated rings. The second-order valence-corrected chi connectivity index (χ2v) is 9.48. The monoisotopic (exact) mass is 550 g/mol. The summed E-state index contributed by atoms with van der Waals surface area (Å²) in [5, 5.41) is 10.2. The molecular weight excluding hydrogens is 520 g/mol. The van der Waals surface area contributed by atoms with Crippen molar-refractivity contribution in [1.82, 2.24) is 4.57 Å². The van der Waals surface area contributed by atoms with Crippen LogP contribution in [0.25, 0.3) is 6.08 Å². The van der Waals surface area contributed by atoms with E-state index >= 15 is 0 Å². The van der Waals surface area contributed by atoms with Crippen LogP contribution in [0, 0.1) is 0 Å².